The van der Waals surface area contributed by atoms with Crippen LogP contribution in [0.1, 0.15) is 208 Å². The van der Waals surface area contributed by atoms with Crippen molar-refractivity contribution in [3.05, 3.63) is 188 Å². The number of ether oxygens (including phenoxy) is 3. The number of aliphatic hydroxyl groups is 1. The average molecular weight is 1290 g/mol. The van der Waals surface area contributed by atoms with E-state index in [1.807, 2.05) is 50.2 Å². The number of aliphatic carboxylic acids is 2. The van der Waals surface area contributed by atoms with E-state index in [2.05, 4.69) is 207 Å². The molecule has 0 radical (unpaired) electrons. The van der Waals surface area contributed by atoms with E-state index in [9.17, 15) is 24.3 Å². The number of benzene rings is 6. The van der Waals surface area contributed by atoms with E-state index < -0.39 is 32.7 Å². The predicted octanol–water partition coefficient (Wildman–Crippen LogP) is 17.9. The summed E-state index contributed by atoms with van der Waals surface area (Å²) < 4.78 is 23.3. The van der Waals surface area contributed by atoms with E-state index in [0.717, 1.165) is 62.5 Å². The van der Waals surface area contributed by atoms with E-state index in [1.165, 1.54) is 73.7 Å². The van der Waals surface area contributed by atoms with Gasteiger partial charge in [0.05, 0.1) is 12.2 Å². The summed E-state index contributed by atoms with van der Waals surface area (Å²) in [6, 6.07) is 42.7. The highest BCUT2D eigenvalue weighted by atomic mass is 28.4. The quantitative estimate of drug-likeness (QED) is 0.0300. The zero-order chi connectivity index (χ0) is 69.4. The van der Waals surface area contributed by atoms with Crippen LogP contribution < -0.4 is 14.8 Å². The van der Waals surface area contributed by atoms with Gasteiger partial charge >= 0.3 is 17.9 Å². The van der Waals surface area contributed by atoms with Crippen LogP contribution in [0.2, 0.25) is 18.1 Å². The van der Waals surface area contributed by atoms with Crippen molar-refractivity contribution in [1.82, 2.24) is 5.32 Å². The number of carbonyl (C=O) groups is 4. The lowest BCUT2D eigenvalue weighted by Gasteiger charge is -2.43. The normalized spacial score (nSPS) is 13.3. The first-order valence-corrected chi connectivity index (χ1v) is 36.4. The Morgan fingerprint density at radius 3 is 1.31 bits per heavy atom. The van der Waals surface area contributed by atoms with Crippen LogP contribution in [0.25, 0.3) is 11.1 Å². The third kappa shape index (κ3) is 20.0. The molecule has 0 fully saturated rings. The van der Waals surface area contributed by atoms with Gasteiger partial charge in [-0.15, -0.1) is 0 Å². The number of amides is 1. The number of carbonyl (C=O) groups excluding carboxylic acids is 2. The summed E-state index contributed by atoms with van der Waals surface area (Å²) in [5.74, 6) is -1.35. The molecule has 0 saturated carbocycles. The van der Waals surface area contributed by atoms with Gasteiger partial charge in [-0.05, 0) is 198 Å². The van der Waals surface area contributed by atoms with Crippen molar-refractivity contribution in [2.24, 2.45) is 10.8 Å². The van der Waals surface area contributed by atoms with Crippen molar-refractivity contribution in [1.29, 1.82) is 0 Å². The molecule has 0 aliphatic heterocycles. The summed E-state index contributed by atoms with van der Waals surface area (Å²) in [6.07, 6.45) is 7.30. The smallest absolute Gasteiger partial charge is 0.341 e. The third-order valence-corrected chi connectivity index (χ3v) is 24.3. The molecule has 13 heteroatoms. The Labute approximate surface area is 558 Å². The minimum absolute atomic E-state index is 0.0845. The lowest BCUT2D eigenvalue weighted by atomic mass is 9.69. The molecule has 93 heavy (non-hydrogen) atoms. The number of rotatable bonds is 26. The zero-order valence-corrected chi connectivity index (χ0v) is 60.9. The molecule has 6 aromatic rings. The standard InChI is InChI=1S/C34H54O4Si.C30H43NO5.C16H14O2/c1-13-34(14-2,28-18-19-29(25(4)22-28)37-23-31(35)36)27-17-15-26(24(3)21-27)16-20-30(32(5,6)7)38-39(11,12)33(8,9)10;1-8-30(9-2,23-12-10-22(20(3)16-23)11-15-26(32)29(5,6)7)24-13-14-25(21(4)17-24)36-19-27(33)31-18-28(34)35;1-11(17)18-10-16-14-8-4-2-6-12(14)13-7-3-5-9-15(13)16/h15,17-19,21-22,30H,13-14,16,20,23H2,1-12H3,(H,35,36);10,12-14,16-17,26,32H,8-9,11,15,18-19H2,1-7H3,(H,31,33)(H,34,35);2-9,16H,10H2,1H3. The molecule has 2 unspecified atom stereocenters. The van der Waals surface area contributed by atoms with Gasteiger partial charge < -0.3 is 39.3 Å². The van der Waals surface area contributed by atoms with Crippen LogP contribution in [0.15, 0.2) is 121 Å². The van der Waals surface area contributed by atoms with E-state index in [-0.39, 0.29) is 64.0 Å². The van der Waals surface area contributed by atoms with Crippen molar-refractivity contribution in [2.45, 2.75) is 223 Å². The molecule has 0 saturated heterocycles. The van der Waals surface area contributed by atoms with Crippen LogP contribution in [0, 0.1) is 38.5 Å². The van der Waals surface area contributed by atoms with Gasteiger partial charge in [0, 0.05) is 23.7 Å². The first-order valence-electron chi connectivity index (χ1n) is 33.5. The second kappa shape index (κ2) is 32.9. The molecule has 1 amide bonds. The lowest BCUT2D eigenvalue weighted by molar-refractivity contribution is -0.141. The number of carboxylic acid groups (broad SMARTS) is 2. The van der Waals surface area contributed by atoms with Crippen LogP contribution in [0.5, 0.6) is 11.5 Å². The first-order chi connectivity index (χ1) is 43.5. The van der Waals surface area contributed by atoms with Crippen molar-refractivity contribution in [2.75, 3.05) is 26.4 Å². The van der Waals surface area contributed by atoms with Gasteiger partial charge in [0.15, 0.2) is 21.5 Å². The molecule has 0 aromatic heterocycles. The predicted molar refractivity (Wildman–Crippen MR) is 381 cm³/mol. The average Bonchev–Trinajstić information content (AvgIpc) is 1.51. The number of aryl methyl sites for hydroxylation is 6. The number of nitrogens with one attached hydrogen (secondary N) is 1. The summed E-state index contributed by atoms with van der Waals surface area (Å²) in [6.45, 7) is 42.9. The van der Waals surface area contributed by atoms with Gasteiger partial charge in [0.1, 0.15) is 24.7 Å². The number of hydrogen-bond acceptors (Lipinski definition) is 9. The largest absolute Gasteiger partial charge is 0.484 e. The van der Waals surface area contributed by atoms with Crippen LogP contribution in [-0.2, 0) is 52.0 Å². The second-order valence-corrected chi connectivity index (χ2v) is 33.9. The first kappa shape index (κ1) is 76.6. The van der Waals surface area contributed by atoms with Gasteiger partial charge in [-0.25, -0.2) is 4.79 Å². The Balaban J connectivity index is 0.000000268. The highest BCUT2D eigenvalue weighted by Gasteiger charge is 2.42. The minimum atomic E-state index is -1.87. The molecular formula is C80H111NO11Si. The molecule has 2 atom stereocenters. The molecule has 12 nitrogen and oxygen atoms in total. The van der Waals surface area contributed by atoms with Crippen molar-refractivity contribution in [3.8, 4) is 22.6 Å². The van der Waals surface area contributed by atoms with Crippen LogP contribution in [0.3, 0.4) is 0 Å². The summed E-state index contributed by atoms with van der Waals surface area (Å²) in [5.41, 5.74) is 16.9. The van der Waals surface area contributed by atoms with Crippen LogP contribution >= 0.6 is 0 Å². The molecule has 1 aliphatic rings. The van der Waals surface area contributed by atoms with Gasteiger partial charge in [0.2, 0.25) is 0 Å². The number of fused-ring (bicyclic) bond motifs is 3. The molecule has 4 N–H and O–H groups in total. The van der Waals surface area contributed by atoms with E-state index >= 15 is 0 Å². The molecule has 0 spiro atoms. The zero-order valence-electron chi connectivity index (χ0n) is 59.9. The Hall–Kier alpha value is -7.06. The maximum Gasteiger partial charge on any atom is 0.341 e. The van der Waals surface area contributed by atoms with E-state index in [4.69, 9.17) is 28.8 Å². The molecule has 7 rings (SSSR count). The molecule has 6 aromatic carbocycles. The van der Waals surface area contributed by atoms with Crippen LogP contribution in [-0.4, -0.2) is 86.0 Å². The number of hydrogen-bond donors (Lipinski definition) is 4. The van der Waals surface area contributed by atoms with E-state index in [0.29, 0.717) is 18.1 Å². The minimum Gasteiger partial charge on any atom is -0.484 e. The number of carboxylic acids is 2. The topological polar surface area (TPSA) is 178 Å². The Kier molecular flexibility index (Phi) is 27.1. The summed E-state index contributed by atoms with van der Waals surface area (Å²) in [7, 11) is -1.87. The fraction of sp³-hybridized carbons (Fsp3) is 0.500. The Morgan fingerprint density at radius 2 is 0.946 bits per heavy atom. The second-order valence-electron chi connectivity index (χ2n) is 29.2. The fourth-order valence-corrected chi connectivity index (χ4v) is 14.1. The Morgan fingerprint density at radius 1 is 0.538 bits per heavy atom. The maximum atomic E-state index is 11.8. The summed E-state index contributed by atoms with van der Waals surface area (Å²) in [5, 5.41) is 30.6. The van der Waals surface area contributed by atoms with Crippen molar-refractivity contribution in [3.63, 3.8) is 0 Å². The molecule has 0 heterocycles. The van der Waals surface area contributed by atoms with E-state index in [1.54, 1.807) is 0 Å². The molecule has 1 aliphatic carbocycles. The van der Waals surface area contributed by atoms with Gasteiger partial charge in [-0.3, -0.25) is 14.4 Å². The molecule has 506 valence electrons. The Bertz CT molecular complexity index is 3440. The van der Waals surface area contributed by atoms with Crippen LogP contribution in [0.4, 0.5) is 0 Å². The summed E-state index contributed by atoms with van der Waals surface area (Å²) >= 11 is 0. The molecular weight excluding hydrogens is 1180 g/mol. The maximum absolute atomic E-state index is 11.8. The highest BCUT2D eigenvalue weighted by Crippen LogP contribution is 2.46. The summed E-state index contributed by atoms with van der Waals surface area (Å²) in [4.78, 5) is 44.4. The molecule has 0 bridgehead atoms. The van der Waals surface area contributed by atoms with Gasteiger partial charge in [0.25, 0.3) is 5.91 Å². The monoisotopic (exact) mass is 1290 g/mol. The van der Waals surface area contributed by atoms with Crippen molar-refractivity contribution < 1.29 is 53.1 Å². The highest BCUT2D eigenvalue weighted by molar-refractivity contribution is 6.74. The van der Waals surface area contributed by atoms with Gasteiger partial charge in [-0.1, -0.05) is 199 Å². The number of esters is 1. The van der Waals surface area contributed by atoms with Crippen molar-refractivity contribution >= 4 is 32.1 Å². The lowest BCUT2D eigenvalue weighted by Crippen LogP contribution is -2.47. The SMILES string of the molecule is CC(=O)OCC1c2ccccc2-c2ccccc21.CCC(CC)(c1ccc(CCC(O)C(C)(C)C)c(C)c1)c1ccc(OCC(=O)NCC(=O)O)c(C)c1.CCC(CC)(c1ccc(CCC(O[Si](C)(C)C(C)(C)C)C(C)(C)C)c(C)c1)c1ccc(OCC(=O)O)c(C)c1. The number of aliphatic hydroxyl groups excluding tert-OH is 1. The fourth-order valence-electron chi connectivity index (χ4n) is 12.6. The van der Waals surface area contributed by atoms with Gasteiger partial charge in [-0.2, -0.15) is 0 Å². The third-order valence-electron chi connectivity index (χ3n) is 19.8.